The number of amides is 1. The summed E-state index contributed by atoms with van der Waals surface area (Å²) in [5.41, 5.74) is -0.146. The van der Waals surface area contributed by atoms with Gasteiger partial charge in [-0.25, -0.2) is 9.59 Å². The molecule has 102 valence electrons. The Morgan fingerprint density at radius 2 is 1.89 bits per heavy atom. The number of hydrogen-bond acceptors (Lipinski definition) is 3. The Labute approximate surface area is 107 Å². The average molecular weight is 255 g/mol. The van der Waals surface area contributed by atoms with Crippen molar-refractivity contribution < 1.29 is 19.4 Å². The number of carbonyl (C=O) groups excluding carboxylic acids is 1. The number of piperidine rings is 1. The molecular weight excluding hydrogens is 234 g/mol. The number of allylic oxidation sites excluding steroid dienone is 1. The van der Waals surface area contributed by atoms with Crippen LogP contribution in [0.3, 0.4) is 0 Å². The fourth-order valence-electron chi connectivity index (χ4n) is 1.92. The highest BCUT2D eigenvalue weighted by atomic mass is 16.6. The van der Waals surface area contributed by atoms with E-state index in [-0.39, 0.29) is 17.6 Å². The fraction of sp³-hybridized carbons (Fsp3) is 0.692. The Bertz CT molecular complexity index is 341. The molecule has 0 aromatic rings. The van der Waals surface area contributed by atoms with Crippen molar-refractivity contribution in [2.75, 3.05) is 13.1 Å². The molecule has 5 heteroatoms. The molecule has 18 heavy (non-hydrogen) atoms. The SMILES string of the molecule is CC(C)OC(=O)N1CCC(C)(/C=C/C(=O)O)CC1. The van der Waals surface area contributed by atoms with E-state index < -0.39 is 5.97 Å². The maximum Gasteiger partial charge on any atom is 0.410 e. The second kappa shape index (κ2) is 5.89. The van der Waals surface area contributed by atoms with Gasteiger partial charge in [-0.15, -0.1) is 0 Å². The summed E-state index contributed by atoms with van der Waals surface area (Å²) in [5.74, 6) is -0.933. The van der Waals surface area contributed by atoms with Crippen molar-refractivity contribution >= 4 is 12.1 Å². The number of nitrogens with zero attached hydrogens (tertiary/aromatic N) is 1. The predicted octanol–water partition coefficient (Wildman–Crippen LogP) is 2.27. The molecule has 1 aliphatic heterocycles. The maximum absolute atomic E-state index is 11.7. The monoisotopic (exact) mass is 255 g/mol. The van der Waals surface area contributed by atoms with Crippen LogP contribution >= 0.6 is 0 Å². The zero-order valence-electron chi connectivity index (χ0n) is 11.2. The second-order valence-corrected chi connectivity index (χ2v) is 5.25. The molecule has 0 bridgehead atoms. The van der Waals surface area contributed by atoms with Crippen molar-refractivity contribution in [1.29, 1.82) is 0 Å². The molecule has 1 heterocycles. The smallest absolute Gasteiger partial charge is 0.410 e. The highest BCUT2D eigenvalue weighted by Crippen LogP contribution is 2.32. The molecule has 0 atom stereocenters. The standard InChI is InChI=1S/C13H21NO4/c1-10(2)18-12(17)14-8-6-13(3,7-9-14)5-4-11(15)16/h4-5,10H,6-9H2,1-3H3,(H,15,16)/b5-4+. The quantitative estimate of drug-likeness (QED) is 0.786. The summed E-state index contributed by atoms with van der Waals surface area (Å²) in [6.07, 6.45) is 4.02. The van der Waals surface area contributed by atoms with E-state index in [1.807, 2.05) is 20.8 Å². The fourth-order valence-corrected chi connectivity index (χ4v) is 1.92. The van der Waals surface area contributed by atoms with Crippen LogP contribution in [0.1, 0.15) is 33.6 Å². The van der Waals surface area contributed by atoms with Gasteiger partial charge in [0.25, 0.3) is 0 Å². The molecule has 0 radical (unpaired) electrons. The van der Waals surface area contributed by atoms with Crippen LogP contribution in [-0.2, 0) is 9.53 Å². The molecular formula is C13H21NO4. The van der Waals surface area contributed by atoms with E-state index in [4.69, 9.17) is 9.84 Å². The minimum absolute atomic E-state index is 0.113. The van der Waals surface area contributed by atoms with Gasteiger partial charge in [0.05, 0.1) is 6.10 Å². The topological polar surface area (TPSA) is 66.8 Å². The van der Waals surface area contributed by atoms with E-state index in [1.165, 1.54) is 6.08 Å². The molecule has 0 unspecified atom stereocenters. The lowest BCUT2D eigenvalue weighted by atomic mass is 9.80. The molecule has 0 spiro atoms. The lowest BCUT2D eigenvalue weighted by Gasteiger charge is -2.37. The first-order valence-electron chi connectivity index (χ1n) is 6.20. The first-order chi connectivity index (χ1) is 8.32. The summed E-state index contributed by atoms with van der Waals surface area (Å²) in [4.78, 5) is 23.9. The summed E-state index contributed by atoms with van der Waals surface area (Å²) in [5, 5.41) is 8.63. The molecule has 1 N–H and O–H groups in total. The first kappa shape index (κ1) is 14.5. The van der Waals surface area contributed by atoms with Crippen LogP contribution < -0.4 is 0 Å². The predicted molar refractivity (Wildman–Crippen MR) is 67.3 cm³/mol. The number of carbonyl (C=O) groups is 2. The van der Waals surface area contributed by atoms with Crippen LogP contribution in [0, 0.1) is 5.41 Å². The third kappa shape index (κ3) is 4.39. The van der Waals surface area contributed by atoms with Crippen molar-refractivity contribution in [1.82, 2.24) is 4.90 Å². The first-order valence-corrected chi connectivity index (χ1v) is 6.20. The molecule has 1 saturated heterocycles. The van der Waals surface area contributed by atoms with Crippen molar-refractivity contribution in [3.63, 3.8) is 0 Å². The number of hydrogen-bond donors (Lipinski definition) is 1. The normalized spacial score (nSPS) is 19.2. The summed E-state index contributed by atoms with van der Waals surface area (Å²) < 4.78 is 5.13. The van der Waals surface area contributed by atoms with E-state index >= 15 is 0 Å². The molecule has 1 rings (SSSR count). The summed E-state index contributed by atoms with van der Waals surface area (Å²) in [6, 6.07) is 0. The van der Waals surface area contributed by atoms with Gasteiger partial charge in [0.15, 0.2) is 0 Å². The lowest BCUT2D eigenvalue weighted by molar-refractivity contribution is -0.131. The van der Waals surface area contributed by atoms with Crippen LogP contribution in [-0.4, -0.2) is 41.3 Å². The molecule has 5 nitrogen and oxygen atoms in total. The second-order valence-electron chi connectivity index (χ2n) is 5.25. The Morgan fingerprint density at radius 1 is 1.33 bits per heavy atom. The molecule has 0 aromatic carbocycles. The van der Waals surface area contributed by atoms with Crippen LogP contribution in [0.2, 0.25) is 0 Å². The zero-order chi connectivity index (χ0) is 13.8. The number of likely N-dealkylation sites (tertiary alicyclic amines) is 1. The molecule has 0 saturated carbocycles. The number of rotatable bonds is 3. The molecule has 1 aliphatic rings. The Morgan fingerprint density at radius 3 is 2.33 bits per heavy atom. The third-order valence-electron chi connectivity index (χ3n) is 3.13. The van der Waals surface area contributed by atoms with E-state index in [0.717, 1.165) is 12.8 Å². The minimum Gasteiger partial charge on any atom is -0.478 e. The van der Waals surface area contributed by atoms with Gasteiger partial charge in [0, 0.05) is 19.2 Å². The van der Waals surface area contributed by atoms with Crippen molar-refractivity contribution in [2.24, 2.45) is 5.41 Å². The molecule has 0 aromatic heterocycles. The number of aliphatic carboxylic acids is 1. The van der Waals surface area contributed by atoms with E-state index in [9.17, 15) is 9.59 Å². The molecule has 0 aliphatic carbocycles. The van der Waals surface area contributed by atoms with Crippen LogP contribution in [0.15, 0.2) is 12.2 Å². The van der Waals surface area contributed by atoms with Gasteiger partial charge >= 0.3 is 12.1 Å². The third-order valence-corrected chi connectivity index (χ3v) is 3.13. The van der Waals surface area contributed by atoms with Crippen LogP contribution in [0.4, 0.5) is 4.79 Å². The maximum atomic E-state index is 11.7. The van der Waals surface area contributed by atoms with Crippen molar-refractivity contribution in [3.8, 4) is 0 Å². The Balaban J connectivity index is 2.49. The minimum atomic E-state index is -0.933. The molecule has 1 amide bonds. The van der Waals surface area contributed by atoms with Crippen LogP contribution in [0.5, 0.6) is 0 Å². The van der Waals surface area contributed by atoms with Crippen molar-refractivity contribution in [2.45, 2.75) is 39.7 Å². The lowest BCUT2D eigenvalue weighted by Crippen LogP contribution is -2.42. The highest BCUT2D eigenvalue weighted by molar-refractivity contribution is 5.79. The van der Waals surface area contributed by atoms with Gasteiger partial charge in [-0.2, -0.15) is 0 Å². The van der Waals surface area contributed by atoms with E-state index in [0.29, 0.717) is 13.1 Å². The number of carboxylic acids is 1. The highest BCUT2D eigenvalue weighted by Gasteiger charge is 2.30. The van der Waals surface area contributed by atoms with Crippen molar-refractivity contribution in [3.05, 3.63) is 12.2 Å². The van der Waals surface area contributed by atoms with E-state index in [2.05, 4.69) is 0 Å². The van der Waals surface area contributed by atoms with E-state index in [1.54, 1.807) is 11.0 Å². The number of carboxylic acid groups (broad SMARTS) is 1. The van der Waals surface area contributed by atoms with Crippen LogP contribution in [0.25, 0.3) is 0 Å². The summed E-state index contributed by atoms with van der Waals surface area (Å²) in [6.45, 7) is 6.86. The average Bonchev–Trinajstić information content (AvgIpc) is 2.26. The van der Waals surface area contributed by atoms with Gasteiger partial charge in [0.2, 0.25) is 0 Å². The van der Waals surface area contributed by atoms with Gasteiger partial charge < -0.3 is 14.7 Å². The summed E-state index contributed by atoms with van der Waals surface area (Å²) >= 11 is 0. The van der Waals surface area contributed by atoms with Gasteiger partial charge in [0.1, 0.15) is 0 Å². The zero-order valence-corrected chi connectivity index (χ0v) is 11.2. The Kier molecular flexibility index (Phi) is 4.76. The number of ether oxygens (including phenoxy) is 1. The van der Waals surface area contributed by atoms with Gasteiger partial charge in [-0.1, -0.05) is 13.0 Å². The molecule has 1 fully saturated rings. The Hall–Kier alpha value is -1.52. The summed E-state index contributed by atoms with van der Waals surface area (Å²) in [7, 11) is 0. The van der Waals surface area contributed by atoms with Gasteiger partial charge in [-0.05, 0) is 32.1 Å². The van der Waals surface area contributed by atoms with Gasteiger partial charge in [-0.3, -0.25) is 0 Å². The largest absolute Gasteiger partial charge is 0.478 e.